The maximum atomic E-state index is 11.0. The van der Waals surface area contributed by atoms with Crippen molar-refractivity contribution in [3.8, 4) is 11.1 Å². The molecule has 0 bridgehead atoms. The number of carboxylic acids is 1. The van der Waals surface area contributed by atoms with E-state index in [4.69, 9.17) is 9.63 Å². The first kappa shape index (κ1) is 11.4. The molecule has 0 saturated heterocycles. The first-order valence-corrected chi connectivity index (χ1v) is 5.28. The molecule has 1 heterocycles. The third kappa shape index (κ3) is 1.93. The van der Waals surface area contributed by atoms with Gasteiger partial charge in [0.15, 0.2) is 5.69 Å². The normalized spacial score (nSPS) is 10.5. The summed E-state index contributed by atoms with van der Waals surface area (Å²) >= 11 is 0. The lowest BCUT2D eigenvalue weighted by Crippen LogP contribution is -1.99. The maximum Gasteiger partial charge on any atom is 0.358 e. The third-order valence-electron chi connectivity index (χ3n) is 2.86. The van der Waals surface area contributed by atoms with Crippen molar-refractivity contribution in [3.05, 3.63) is 40.8 Å². The second-order valence-electron chi connectivity index (χ2n) is 4.07. The molecule has 0 aliphatic carbocycles. The van der Waals surface area contributed by atoms with E-state index in [1.54, 1.807) is 6.92 Å². The van der Waals surface area contributed by atoms with Gasteiger partial charge >= 0.3 is 5.97 Å². The molecule has 2 rings (SSSR count). The van der Waals surface area contributed by atoms with Crippen LogP contribution in [0.1, 0.15) is 27.4 Å². The number of carboxylic acid groups (broad SMARTS) is 1. The fourth-order valence-electron chi connectivity index (χ4n) is 1.76. The molecule has 17 heavy (non-hydrogen) atoms. The van der Waals surface area contributed by atoms with Crippen molar-refractivity contribution in [2.24, 2.45) is 0 Å². The van der Waals surface area contributed by atoms with Gasteiger partial charge in [-0.05, 0) is 37.5 Å². The molecule has 4 nitrogen and oxygen atoms in total. The van der Waals surface area contributed by atoms with E-state index in [9.17, 15) is 4.79 Å². The molecule has 1 N–H and O–H groups in total. The highest BCUT2D eigenvalue weighted by molar-refractivity contribution is 5.94. The molecule has 1 aromatic carbocycles. The molecule has 0 radical (unpaired) electrons. The molecule has 0 unspecified atom stereocenters. The standard InChI is InChI=1S/C13H13NO3/c1-7-4-5-10(6-8(7)2)11-9(3)17-14-12(11)13(15)16/h4-6H,1-3H3,(H,15,16). The van der Waals surface area contributed by atoms with Crippen LogP contribution in [0.15, 0.2) is 22.7 Å². The molecule has 0 fully saturated rings. The molecule has 88 valence electrons. The zero-order chi connectivity index (χ0) is 12.6. The van der Waals surface area contributed by atoms with Gasteiger partial charge in [0, 0.05) is 0 Å². The summed E-state index contributed by atoms with van der Waals surface area (Å²) in [4.78, 5) is 11.0. The first-order chi connectivity index (χ1) is 8.00. The lowest BCUT2D eigenvalue weighted by molar-refractivity contribution is 0.0686. The summed E-state index contributed by atoms with van der Waals surface area (Å²) < 4.78 is 4.95. The van der Waals surface area contributed by atoms with Crippen LogP contribution in [0, 0.1) is 20.8 Å². The van der Waals surface area contributed by atoms with Crippen molar-refractivity contribution in [3.63, 3.8) is 0 Å². The highest BCUT2D eigenvalue weighted by atomic mass is 16.5. The van der Waals surface area contributed by atoms with E-state index in [2.05, 4.69) is 5.16 Å². The van der Waals surface area contributed by atoms with Crippen LogP contribution in [0.4, 0.5) is 0 Å². The Labute approximate surface area is 98.9 Å². The average molecular weight is 231 g/mol. The van der Waals surface area contributed by atoms with Gasteiger partial charge in [0.05, 0.1) is 5.56 Å². The molecular formula is C13H13NO3. The van der Waals surface area contributed by atoms with Crippen molar-refractivity contribution in [2.75, 3.05) is 0 Å². The van der Waals surface area contributed by atoms with Crippen LogP contribution in [-0.2, 0) is 0 Å². The van der Waals surface area contributed by atoms with Gasteiger partial charge in [0.25, 0.3) is 0 Å². The average Bonchev–Trinajstić information content (AvgIpc) is 2.64. The molecule has 0 aliphatic rings. The molecule has 0 amide bonds. The zero-order valence-electron chi connectivity index (χ0n) is 9.94. The van der Waals surface area contributed by atoms with Crippen LogP contribution in [0.25, 0.3) is 11.1 Å². The first-order valence-electron chi connectivity index (χ1n) is 5.28. The van der Waals surface area contributed by atoms with Gasteiger partial charge in [-0.25, -0.2) is 4.79 Å². The Morgan fingerprint density at radius 1 is 1.24 bits per heavy atom. The lowest BCUT2D eigenvalue weighted by atomic mass is 9.99. The number of rotatable bonds is 2. The molecule has 0 spiro atoms. The van der Waals surface area contributed by atoms with E-state index in [0.29, 0.717) is 11.3 Å². The smallest absolute Gasteiger partial charge is 0.358 e. The van der Waals surface area contributed by atoms with E-state index < -0.39 is 5.97 Å². The monoisotopic (exact) mass is 231 g/mol. The Hall–Kier alpha value is -2.10. The molecule has 4 heteroatoms. The molecule has 0 saturated carbocycles. The fraction of sp³-hybridized carbons (Fsp3) is 0.231. The topological polar surface area (TPSA) is 63.3 Å². The predicted molar refractivity (Wildman–Crippen MR) is 63.1 cm³/mol. The van der Waals surface area contributed by atoms with E-state index in [1.165, 1.54) is 5.56 Å². The van der Waals surface area contributed by atoms with Gasteiger partial charge in [-0.15, -0.1) is 0 Å². The molecule has 0 atom stereocenters. The molecule has 2 aromatic rings. The number of aromatic carboxylic acids is 1. The van der Waals surface area contributed by atoms with Crippen molar-refractivity contribution in [1.82, 2.24) is 5.16 Å². The summed E-state index contributed by atoms with van der Waals surface area (Å²) in [6.07, 6.45) is 0. The fourth-order valence-corrected chi connectivity index (χ4v) is 1.76. The predicted octanol–water partition coefficient (Wildman–Crippen LogP) is 2.97. The Morgan fingerprint density at radius 2 is 1.94 bits per heavy atom. The summed E-state index contributed by atoms with van der Waals surface area (Å²) in [7, 11) is 0. The summed E-state index contributed by atoms with van der Waals surface area (Å²) in [5, 5.41) is 12.6. The lowest BCUT2D eigenvalue weighted by Gasteiger charge is -2.04. The van der Waals surface area contributed by atoms with Crippen LogP contribution in [0.2, 0.25) is 0 Å². The van der Waals surface area contributed by atoms with Crippen molar-refractivity contribution >= 4 is 5.97 Å². The van der Waals surface area contributed by atoms with E-state index in [0.717, 1.165) is 11.1 Å². The number of aryl methyl sites for hydroxylation is 3. The Balaban J connectivity index is 2.63. The highest BCUT2D eigenvalue weighted by Gasteiger charge is 2.20. The molecular weight excluding hydrogens is 218 g/mol. The summed E-state index contributed by atoms with van der Waals surface area (Å²) in [6, 6.07) is 5.79. The SMILES string of the molecule is Cc1ccc(-c2c(C(=O)O)noc2C)cc1C. The molecule has 0 aliphatic heterocycles. The van der Waals surface area contributed by atoms with Crippen LogP contribution in [-0.4, -0.2) is 16.2 Å². The van der Waals surface area contributed by atoms with Crippen molar-refractivity contribution in [1.29, 1.82) is 0 Å². The van der Waals surface area contributed by atoms with Crippen LogP contribution < -0.4 is 0 Å². The Morgan fingerprint density at radius 3 is 2.53 bits per heavy atom. The van der Waals surface area contributed by atoms with Gasteiger partial charge in [-0.1, -0.05) is 23.4 Å². The van der Waals surface area contributed by atoms with Gasteiger partial charge in [0.2, 0.25) is 0 Å². The van der Waals surface area contributed by atoms with E-state index >= 15 is 0 Å². The second kappa shape index (κ2) is 4.05. The number of hydrogen-bond acceptors (Lipinski definition) is 3. The van der Waals surface area contributed by atoms with Crippen LogP contribution in [0.5, 0.6) is 0 Å². The minimum Gasteiger partial charge on any atom is -0.476 e. The van der Waals surface area contributed by atoms with Gasteiger partial charge in [0.1, 0.15) is 5.76 Å². The summed E-state index contributed by atoms with van der Waals surface area (Å²) in [6.45, 7) is 5.71. The number of aromatic nitrogens is 1. The van der Waals surface area contributed by atoms with E-state index in [1.807, 2.05) is 32.0 Å². The number of benzene rings is 1. The molecule has 1 aromatic heterocycles. The van der Waals surface area contributed by atoms with Gasteiger partial charge < -0.3 is 9.63 Å². The number of hydrogen-bond donors (Lipinski definition) is 1. The van der Waals surface area contributed by atoms with Crippen molar-refractivity contribution in [2.45, 2.75) is 20.8 Å². The minimum atomic E-state index is -1.07. The Bertz CT molecular complexity index is 584. The van der Waals surface area contributed by atoms with Crippen LogP contribution >= 0.6 is 0 Å². The van der Waals surface area contributed by atoms with Gasteiger partial charge in [-0.3, -0.25) is 0 Å². The zero-order valence-corrected chi connectivity index (χ0v) is 9.94. The second-order valence-corrected chi connectivity index (χ2v) is 4.07. The number of nitrogens with zero attached hydrogens (tertiary/aromatic N) is 1. The largest absolute Gasteiger partial charge is 0.476 e. The quantitative estimate of drug-likeness (QED) is 0.863. The van der Waals surface area contributed by atoms with E-state index in [-0.39, 0.29) is 5.69 Å². The Kier molecular flexibility index (Phi) is 2.71. The summed E-state index contributed by atoms with van der Waals surface area (Å²) in [5.74, 6) is -0.555. The van der Waals surface area contributed by atoms with Crippen LogP contribution in [0.3, 0.4) is 0 Å². The number of carbonyl (C=O) groups is 1. The third-order valence-corrected chi connectivity index (χ3v) is 2.86. The maximum absolute atomic E-state index is 11.0. The highest BCUT2D eigenvalue weighted by Crippen LogP contribution is 2.28. The van der Waals surface area contributed by atoms with Gasteiger partial charge in [-0.2, -0.15) is 0 Å². The van der Waals surface area contributed by atoms with Crippen molar-refractivity contribution < 1.29 is 14.4 Å². The minimum absolute atomic E-state index is 0.0363. The summed E-state index contributed by atoms with van der Waals surface area (Å²) in [5.41, 5.74) is 3.62.